The molecule has 0 saturated carbocycles. The van der Waals surface area contributed by atoms with Crippen LogP contribution in [0.4, 0.5) is 5.69 Å². The molecule has 1 N–H and O–H groups in total. The Labute approximate surface area is 147 Å². The maximum Gasteiger partial charge on any atom is 0.338 e. The van der Waals surface area contributed by atoms with Gasteiger partial charge in [-0.25, -0.2) is 4.79 Å². The highest BCUT2D eigenvalue weighted by atomic mass is 16.5. The summed E-state index contributed by atoms with van der Waals surface area (Å²) >= 11 is 0. The third-order valence-electron chi connectivity index (χ3n) is 3.41. The van der Waals surface area contributed by atoms with Crippen molar-refractivity contribution in [1.82, 2.24) is 0 Å². The summed E-state index contributed by atoms with van der Waals surface area (Å²) in [6.45, 7) is 9.24. The van der Waals surface area contributed by atoms with E-state index >= 15 is 0 Å². The summed E-state index contributed by atoms with van der Waals surface area (Å²) in [7, 11) is 0. The number of rotatable bonds is 6. The van der Waals surface area contributed by atoms with Gasteiger partial charge in [-0.1, -0.05) is 24.8 Å². The van der Waals surface area contributed by atoms with Crippen molar-refractivity contribution in [3.05, 3.63) is 65.7 Å². The van der Waals surface area contributed by atoms with Crippen LogP contribution in [-0.4, -0.2) is 18.5 Å². The van der Waals surface area contributed by atoms with Crippen LogP contribution in [0.2, 0.25) is 0 Å². The molecule has 2 aromatic carbocycles. The van der Waals surface area contributed by atoms with Crippen molar-refractivity contribution in [3.63, 3.8) is 0 Å². The van der Waals surface area contributed by atoms with Crippen molar-refractivity contribution in [2.24, 2.45) is 0 Å². The standard InChI is InChI=1S/C20H21NO4/c1-5-24-18-11-14(4)17(25-20(23)13(2)3)12-16(18)21-19(22)15-9-7-6-8-10-15/h6-12H,2,5H2,1,3-4H3,(H,21,22). The topological polar surface area (TPSA) is 64.6 Å². The summed E-state index contributed by atoms with van der Waals surface area (Å²) in [5.74, 6) is 0.0643. The lowest BCUT2D eigenvalue weighted by atomic mass is 10.1. The third-order valence-corrected chi connectivity index (χ3v) is 3.41. The highest BCUT2D eigenvalue weighted by molar-refractivity contribution is 6.05. The summed E-state index contributed by atoms with van der Waals surface area (Å²) in [5.41, 5.74) is 1.97. The van der Waals surface area contributed by atoms with E-state index in [1.165, 1.54) is 0 Å². The van der Waals surface area contributed by atoms with Gasteiger partial charge in [0.15, 0.2) is 0 Å². The molecule has 0 spiro atoms. The molecule has 130 valence electrons. The molecule has 0 aliphatic rings. The van der Waals surface area contributed by atoms with Gasteiger partial charge in [-0.2, -0.15) is 0 Å². The monoisotopic (exact) mass is 339 g/mol. The van der Waals surface area contributed by atoms with Gasteiger partial charge in [0.2, 0.25) is 0 Å². The highest BCUT2D eigenvalue weighted by Crippen LogP contribution is 2.33. The van der Waals surface area contributed by atoms with Crippen LogP contribution in [0.5, 0.6) is 11.5 Å². The number of ether oxygens (including phenoxy) is 2. The largest absolute Gasteiger partial charge is 0.492 e. The van der Waals surface area contributed by atoms with E-state index < -0.39 is 5.97 Å². The number of nitrogens with one attached hydrogen (secondary N) is 1. The normalized spacial score (nSPS) is 10.0. The van der Waals surface area contributed by atoms with Crippen LogP contribution in [0.1, 0.15) is 29.8 Å². The number of carbonyl (C=O) groups is 2. The highest BCUT2D eigenvalue weighted by Gasteiger charge is 2.15. The molecule has 25 heavy (non-hydrogen) atoms. The average Bonchev–Trinajstić information content (AvgIpc) is 2.59. The van der Waals surface area contributed by atoms with Crippen LogP contribution >= 0.6 is 0 Å². The second kappa shape index (κ2) is 8.15. The molecule has 0 heterocycles. The first-order chi connectivity index (χ1) is 11.9. The van der Waals surface area contributed by atoms with Crippen LogP contribution in [0.15, 0.2) is 54.6 Å². The van der Waals surface area contributed by atoms with Crippen molar-refractivity contribution in [1.29, 1.82) is 0 Å². The predicted octanol–water partition coefficient (Wildman–Crippen LogP) is 4.13. The lowest BCUT2D eigenvalue weighted by molar-refractivity contribution is -0.130. The van der Waals surface area contributed by atoms with Crippen LogP contribution in [0.3, 0.4) is 0 Å². The zero-order chi connectivity index (χ0) is 18.4. The Bertz CT molecular complexity index is 797. The number of hydrogen-bond donors (Lipinski definition) is 1. The summed E-state index contributed by atoms with van der Waals surface area (Å²) in [4.78, 5) is 24.2. The van der Waals surface area contributed by atoms with Gasteiger partial charge in [-0.05, 0) is 44.5 Å². The molecule has 0 aromatic heterocycles. The number of amides is 1. The van der Waals surface area contributed by atoms with Crippen molar-refractivity contribution in [2.45, 2.75) is 20.8 Å². The van der Waals surface area contributed by atoms with Gasteiger partial charge in [0.25, 0.3) is 5.91 Å². The zero-order valence-electron chi connectivity index (χ0n) is 14.6. The van der Waals surface area contributed by atoms with Gasteiger partial charge in [0, 0.05) is 17.2 Å². The van der Waals surface area contributed by atoms with Crippen molar-refractivity contribution in [2.75, 3.05) is 11.9 Å². The van der Waals surface area contributed by atoms with Crippen LogP contribution in [0.25, 0.3) is 0 Å². The Hall–Kier alpha value is -3.08. The summed E-state index contributed by atoms with van der Waals surface area (Å²) in [5, 5.41) is 2.80. The average molecular weight is 339 g/mol. The molecule has 5 nitrogen and oxygen atoms in total. The van der Waals surface area contributed by atoms with E-state index in [2.05, 4.69) is 11.9 Å². The number of anilines is 1. The molecule has 0 bridgehead atoms. The first-order valence-electron chi connectivity index (χ1n) is 7.94. The van der Waals surface area contributed by atoms with Gasteiger partial charge in [-0.3, -0.25) is 4.79 Å². The van der Waals surface area contributed by atoms with E-state index in [0.717, 1.165) is 5.56 Å². The van der Waals surface area contributed by atoms with Crippen molar-refractivity contribution in [3.8, 4) is 11.5 Å². The molecule has 0 aliphatic heterocycles. The number of esters is 1. The van der Waals surface area contributed by atoms with E-state index in [-0.39, 0.29) is 5.91 Å². The summed E-state index contributed by atoms with van der Waals surface area (Å²) in [6, 6.07) is 12.1. The second-order valence-corrected chi connectivity index (χ2v) is 5.54. The number of benzene rings is 2. The zero-order valence-corrected chi connectivity index (χ0v) is 14.6. The van der Waals surface area contributed by atoms with Gasteiger partial charge in [-0.15, -0.1) is 0 Å². The fourth-order valence-electron chi connectivity index (χ4n) is 2.12. The number of hydrogen-bond acceptors (Lipinski definition) is 4. The SMILES string of the molecule is C=C(C)C(=O)Oc1cc(NC(=O)c2ccccc2)c(OCC)cc1C. The first kappa shape index (κ1) is 18.3. The van der Waals surface area contributed by atoms with Crippen molar-refractivity contribution >= 4 is 17.6 Å². The Morgan fingerprint density at radius 1 is 1.12 bits per heavy atom. The molecule has 0 radical (unpaired) electrons. The second-order valence-electron chi connectivity index (χ2n) is 5.54. The smallest absolute Gasteiger partial charge is 0.338 e. The number of aryl methyl sites for hydroxylation is 1. The fourth-order valence-corrected chi connectivity index (χ4v) is 2.12. The molecule has 0 fully saturated rings. The van der Waals surface area contributed by atoms with Crippen LogP contribution in [0, 0.1) is 6.92 Å². The van der Waals surface area contributed by atoms with Crippen LogP contribution < -0.4 is 14.8 Å². The maximum atomic E-state index is 12.4. The van der Waals surface area contributed by atoms with Gasteiger partial charge in [0.1, 0.15) is 11.5 Å². The minimum atomic E-state index is -0.521. The minimum absolute atomic E-state index is 0.275. The van der Waals surface area contributed by atoms with E-state index in [9.17, 15) is 9.59 Å². The first-order valence-corrected chi connectivity index (χ1v) is 7.94. The molecule has 2 rings (SSSR count). The molecular formula is C20H21NO4. The molecule has 0 unspecified atom stereocenters. The van der Waals surface area contributed by atoms with Gasteiger partial charge in [0.05, 0.1) is 12.3 Å². The molecule has 5 heteroatoms. The van der Waals surface area contributed by atoms with E-state index in [1.807, 2.05) is 13.0 Å². The molecular weight excluding hydrogens is 318 g/mol. The third kappa shape index (κ3) is 4.70. The molecule has 2 aromatic rings. The quantitative estimate of drug-likeness (QED) is 0.488. The van der Waals surface area contributed by atoms with E-state index in [0.29, 0.717) is 34.9 Å². The van der Waals surface area contributed by atoms with E-state index in [4.69, 9.17) is 9.47 Å². The Kier molecular flexibility index (Phi) is 5.95. The maximum absolute atomic E-state index is 12.4. The fraction of sp³-hybridized carbons (Fsp3) is 0.200. The van der Waals surface area contributed by atoms with Gasteiger partial charge >= 0.3 is 5.97 Å². The lowest BCUT2D eigenvalue weighted by Gasteiger charge is -2.15. The summed E-state index contributed by atoms with van der Waals surface area (Å²) in [6.07, 6.45) is 0. The Morgan fingerprint density at radius 3 is 2.40 bits per heavy atom. The van der Waals surface area contributed by atoms with Crippen molar-refractivity contribution < 1.29 is 19.1 Å². The van der Waals surface area contributed by atoms with Gasteiger partial charge < -0.3 is 14.8 Å². The van der Waals surface area contributed by atoms with Crippen LogP contribution in [-0.2, 0) is 4.79 Å². The molecule has 1 amide bonds. The predicted molar refractivity (Wildman–Crippen MR) is 97.2 cm³/mol. The lowest BCUT2D eigenvalue weighted by Crippen LogP contribution is -2.14. The summed E-state index contributed by atoms with van der Waals surface area (Å²) < 4.78 is 10.9. The number of carbonyl (C=O) groups excluding carboxylic acids is 2. The Balaban J connectivity index is 2.34. The molecule has 0 aliphatic carbocycles. The van der Waals surface area contributed by atoms with E-state index in [1.54, 1.807) is 50.2 Å². The Morgan fingerprint density at radius 2 is 1.80 bits per heavy atom. The minimum Gasteiger partial charge on any atom is -0.492 e. The molecule has 0 atom stereocenters. The molecule has 0 saturated heterocycles.